The zero-order valence-corrected chi connectivity index (χ0v) is 10.2. The average molecular weight is 228 g/mol. The monoisotopic (exact) mass is 228 g/mol. The lowest BCUT2D eigenvalue weighted by Gasteiger charge is -2.18. The van der Waals surface area contributed by atoms with Crippen molar-refractivity contribution in [1.82, 2.24) is 9.80 Å². The molecular formula is C11H20N2O3. The first-order valence-electron chi connectivity index (χ1n) is 5.65. The average Bonchev–Trinajstić information content (AvgIpc) is 2.28. The van der Waals surface area contributed by atoms with Crippen LogP contribution in [0.25, 0.3) is 0 Å². The van der Waals surface area contributed by atoms with Gasteiger partial charge in [0.2, 0.25) is 5.91 Å². The van der Waals surface area contributed by atoms with E-state index in [2.05, 4.69) is 0 Å². The first-order valence-corrected chi connectivity index (χ1v) is 5.65. The van der Waals surface area contributed by atoms with Gasteiger partial charge >= 0.3 is 5.97 Å². The van der Waals surface area contributed by atoms with E-state index in [-0.39, 0.29) is 24.5 Å². The Morgan fingerprint density at radius 3 is 2.75 bits per heavy atom. The number of carbonyl (C=O) groups excluding carboxylic acids is 2. The number of hydrogen-bond acceptors (Lipinski definition) is 4. The van der Waals surface area contributed by atoms with Gasteiger partial charge in [-0.2, -0.15) is 0 Å². The Bertz CT molecular complexity index is 266. The van der Waals surface area contributed by atoms with Gasteiger partial charge in [0.25, 0.3) is 0 Å². The van der Waals surface area contributed by atoms with Crippen molar-refractivity contribution >= 4 is 11.9 Å². The van der Waals surface area contributed by atoms with Crippen LogP contribution in [0.3, 0.4) is 0 Å². The van der Waals surface area contributed by atoms with Gasteiger partial charge in [-0.1, -0.05) is 0 Å². The minimum absolute atomic E-state index is 0.0647. The van der Waals surface area contributed by atoms with Crippen molar-refractivity contribution in [3.63, 3.8) is 0 Å². The van der Waals surface area contributed by atoms with Crippen molar-refractivity contribution in [2.75, 3.05) is 33.2 Å². The Balaban J connectivity index is 2.42. The Labute approximate surface area is 96.3 Å². The minimum Gasteiger partial charge on any atom is -0.462 e. The predicted molar refractivity (Wildman–Crippen MR) is 59.9 cm³/mol. The van der Waals surface area contributed by atoms with Crippen molar-refractivity contribution < 1.29 is 14.3 Å². The topological polar surface area (TPSA) is 49.9 Å². The number of ether oxygens (including phenoxy) is 1. The van der Waals surface area contributed by atoms with Crippen LogP contribution in [-0.2, 0) is 14.3 Å². The van der Waals surface area contributed by atoms with Gasteiger partial charge < -0.3 is 9.64 Å². The minimum atomic E-state index is -0.257. The van der Waals surface area contributed by atoms with Crippen LogP contribution in [0, 0.1) is 0 Å². The van der Waals surface area contributed by atoms with Crippen molar-refractivity contribution in [3.05, 3.63) is 0 Å². The number of nitrogens with zero attached hydrogens (tertiary/aromatic N) is 2. The van der Waals surface area contributed by atoms with Crippen LogP contribution in [-0.4, -0.2) is 61.0 Å². The number of carbonyl (C=O) groups is 2. The Morgan fingerprint density at radius 1 is 1.44 bits per heavy atom. The molecule has 0 spiro atoms. The van der Waals surface area contributed by atoms with Gasteiger partial charge in [0.15, 0.2) is 0 Å². The van der Waals surface area contributed by atoms with Crippen LogP contribution in [0.1, 0.15) is 20.3 Å². The first-order chi connectivity index (χ1) is 7.49. The van der Waals surface area contributed by atoms with Crippen LogP contribution in [0.2, 0.25) is 0 Å². The summed E-state index contributed by atoms with van der Waals surface area (Å²) in [4.78, 5) is 26.5. The fraction of sp³-hybridized carbons (Fsp3) is 0.818. The predicted octanol–water partition coefficient (Wildman–Crippen LogP) is 0.102. The van der Waals surface area contributed by atoms with Gasteiger partial charge in [-0.15, -0.1) is 0 Å². The molecule has 5 nitrogen and oxygen atoms in total. The van der Waals surface area contributed by atoms with E-state index < -0.39 is 0 Å². The highest BCUT2D eigenvalue weighted by molar-refractivity contribution is 5.79. The smallest absolute Gasteiger partial charge is 0.320 e. The number of amides is 1. The SMILES string of the molecule is CC(C)OC(=O)CN1CCCN(C)C(=O)C1. The van der Waals surface area contributed by atoms with E-state index in [1.807, 2.05) is 18.7 Å². The van der Waals surface area contributed by atoms with Gasteiger partial charge in [0, 0.05) is 20.1 Å². The van der Waals surface area contributed by atoms with Crippen molar-refractivity contribution in [2.24, 2.45) is 0 Å². The van der Waals surface area contributed by atoms with Gasteiger partial charge in [-0.05, 0) is 20.3 Å². The van der Waals surface area contributed by atoms with E-state index in [0.717, 1.165) is 19.5 Å². The summed E-state index contributed by atoms with van der Waals surface area (Å²) in [7, 11) is 1.79. The molecule has 0 aromatic heterocycles. The largest absolute Gasteiger partial charge is 0.462 e. The number of esters is 1. The molecule has 0 atom stereocenters. The van der Waals surface area contributed by atoms with E-state index in [1.54, 1.807) is 11.9 Å². The summed E-state index contributed by atoms with van der Waals surface area (Å²) in [6, 6.07) is 0. The van der Waals surface area contributed by atoms with Crippen LogP contribution in [0.4, 0.5) is 0 Å². The van der Waals surface area contributed by atoms with E-state index in [9.17, 15) is 9.59 Å². The maximum Gasteiger partial charge on any atom is 0.320 e. The second-order valence-electron chi connectivity index (χ2n) is 4.42. The van der Waals surface area contributed by atoms with Crippen molar-refractivity contribution in [1.29, 1.82) is 0 Å². The van der Waals surface area contributed by atoms with E-state index in [1.165, 1.54) is 0 Å². The highest BCUT2D eigenvalue weighted by Gasteiger charge is 2.21. The molecule has 0 unspecified atom stereocenters. The Hall–Kier alpha value is -1.10. The summed E-state index contributed by atoms with van der Waals surface area (Å²) in [6.45, 7) is 5.68. The fourth-order valence-corrected chi connectivity index (χ4v) is 1.66. The molecular weight excluding hydrogens is 208 g/mol. The van der Waals surface area contributed by atoms with Crippen LogP contribution in [0.15, 0.2) is 0 Å². The molecule has 5 heteroatoms. The summed E-state index contributed by atoms with van der Waals surface area (Å²) in [5, 5.41) is 0. The zero-order valence-electron chi connectivity index (χ0n) is 10.2. The molecule has 0 radical (unpaired) electrons. The van der Waals surface area contributed by atoms with Crippen LogP contribution >= 0.6 is 0 Å². The summed E-state index contributed by atoms with van der Waals surface area (Å²) in [5.41, 5.74) is 0. The lowest BCUT2D eigenvalue weighted by molar-refractivity contribution is -0.148. The third-order valence-electron chi connectivity index (χ3n) is 2.47. The third kappa shape index (κ3) is 4.18. The van der Waals surface area contributed by atoms with Gasteiger partial charge in [-0.3, -0.25) is 14.5 Å². The lowest BCUT2D eigenvalue weighted by atomic mass is 10.4. The summed E-state index contributed by atoms with van der Waals surface area (Å²) in [6.07, 6.45) is 0.801. The molecule has 0 N–H and O–H groups in total. The molecule has 1 amide bonds. The molecule has 1 aliphatic rings. The molecule has 1 saturated heterocycles. The molecule has 1 fully saturated rings. The Morgan fingerprint density at radius 2 is 2.12 bits per heavy atom. The summed E-state index contributed by atoms with van der Waals surface area (Å²) < 4.78 is 5.05. The second kappa shape index (κ2) is 5.84. The summed E-state index contributed by atoms with van der Waals surface area (Å²) >= 11 is 0. The number of rotatable bonds is 3. The molecule has 1 heterocycles. The van der Waals surface area contributed by atoms with Crippen molar-refractivity contribution in [2.45, 2.75) is 26.4 Å². The van der Waals surface area contributed by atoms with Crippen LogP contribution in [0.5, 0.6) is 0 Å². The number of hydrogen-bond donors (Lipinski definition) is 0. The maximum absolute atomic E-state index is 11.6. The molecule has 92 valence electrons. The third-order valence-corrected chi connectivity index (χ3v) is 2.47. The zero-order chi connectivity index (χ0) is 12.1. The Kier molecular flexibility index (Phi) is 4.73. The number of likely N-dealkylation sites (N-methyl/N-ethyl adjacent to an activating group) is 1. The second-order valence-corrected chi connectivity index (χ2v) is 4.42. The lowest BCUT2D eigenvalue weighted by Crippen LogP contribution is -2.38. The standard InChI is InChI=1S/C11H20N2O3/c1-9(2)16-11(15)8-13-6-4-5-12(3)10(14)7-13/h9H,4-8H2,1-3H3. The molecule has 1 aliphatic heterocycles. The molecule has 0 aromatic rings. The van der Waals surface area contributed by atoms with E-state index >= 15 is 0 Å². The molecule has 0 aromatic carbocycles. The molecule has 16 heavy (non-hydrogen) atoms. The molecule has 0 aliphatic carbocycles. The summed E-state index contributed by atoms with van der Waals surface area (Å²) in [5.74, 6) is -0.192. The normalized spacial score (nSPS) is 18.8. The van der Waals surface area contributed by atoms with Crippen LogP contribution < -0.4 is 0 Å². The first kappa shape index (κ1) is 13.0. The quantitative estimate of drug-likeness (QED) is 0.643. The van der Waals surface area contributed by atoms with Gasteiger partial charge in [-0.25, -0.2) is 0 Å². The van der Waals surface area contributed by atoms with E-state index in [4.69, 9.17) is 4.74 Å². The highest BCUT2D eigenvalue weighted by Crippen LogP contribution is 2.03. The highest BCUT2D eigenvalue weighted by atomic mass is 16.5. The van der Waals surface area contributed by atoms with Gasteiger partial charge in [0.1, 0.15) is 0 Å². The molecule has 0 bridgehead atoms. The molecule has 0 saturated carbocycles. The van der Waals surface area contributed by atoms with Crippen molar-refractivity contribution in [3.8, 4) is 0 Å². The van der Waals surface area contributed by atoms with Gasteiger partial charge in [0.05, 0.1) is 19.2 Å². The maximum atomic E-state index is 11.6. The molecule has 1 rings (SSSR count). The van der Waals surface area contributed by atoms with E-state index in [0.29, 0.717) is 6.54 Å². The fourth-order valence-electron chi connectivity index (χ4n) is 1.66.